The van der Waals surface area contributed by atoms with E-state index in [1.807, 2.05) is 60.8 Å². The van der Waals surface area contributed by atoms with Crippen LogP contribution in [0.4, 0.5) is 20.4 Å². The first-order chi connectivity index (χ1) is 18.9. The van der Waals surface area contributed by atoms with Crippen LogP contribution in [0.1, 0.15) is 12.8 Å². The van der Waals surface area contributed by atoms with Crippen molar-refractivity contribution in [2.75, 3.05) is 38.5 Å². The highest BCUT2D eigenvalue weighted by Gasteiger charge is 2.42. The van der Waals surface area contributed by atoms with Crippen molar-refractivity contribution < 1.29 is 18.3 Å². The lowest BCUT2D eigenvalue weighted by atomic mass is 9.98. The van der Waals surface area contributed by atoms with E-state index in [9.17, 15) is 13.6 Å². The first kappa shape index (κ1) is 26.4. The number of rotatable bonds is 8. The van der Waals surface area contributed by atoms with Crippen molar-refractivity contribution in [2.45, 2.75) is 18.8 Å². The van der Waals surface area contributed by atoms with Gasteiger partial charge in [0, 0.05) is 31.9 Å². The number of nitrogen functional groups attached to an aromatic ring is 1. The number of para-hydroxylation sites is 1. The Morgan fingerprint density at radius 2 is 1.74 bits per heavy atom. The first-order valence-corrected chi connectivity index (χ1v) is 12.9. The van der Waals surface area contributed by atoms with Crippen molar-refractivity contribution in [3.63, 3.8) is 0 Å². The van der Waals surface area contributed by atoms with Gasteiger partial charge in [0.1, 0.15) is 23.6 Å². The van der Waals surface area contributed by atoms with E-state index in [-0.39, 0.29) is 24.9 Å². The Balaban J connectivity index is 1.17. The molecule has 2 aromatic carbocycles. The average molecular weight is 533 g/mol. The van der Waals surface area contributed by atoms with Gasteiger partial charge in [0.2, 0.25) is 5.91 Å². The normalized spacial score (nSPS) is 17.9. The van der Waals surface area contributed by atoms with Gasteiger partial charge < -0.3 is 15.4 Å². The van der Waals surface area contributed by atoms with Gasteiger partial charge in [-0.25, -0.2) is 23.7 Å². The molecule has 0 atom stereocenters. The third-order valence-electron chi connectivity index (χ3n) is 6.77. The third-order valence-corrected chi connectivity index (χ3v) is 6.77. The average Bonchev–Trinajstić information content (AvgIpc) is 2.92. The van der Waals surface area contributed by atoms with Crippen LogP contribution in [0, 0.1) is 5.92 Å². The van der Waals surface area contributed by atoms with Crippen LogP contribution in [0.3, 0.4) is 0 Å². The molecule has 3 aromatic rings. The zero-order valence-corrected chi connectivity index (χ0v) is 21.4. The van der Waals surface area contributed by atoms with Crippen LogP contribution < -0.4 is 10.5 Å². The van der Waals surface area contributed by atoms with Crippen LogP contribution in [-0.2, 0) is 4.79 Å². The number of aromatic nitrogens is 2. The lowest BCUT2D eigenvalue weighted by molar-refractivity contribution is -0.127. The third kappa shape index (κ3) is 6.83. The number of carbonyl (C=O) groups is 1. The number of alkyl halides is 2. The molecule has 5 rings (SSSR count). The Bertz CT molecular complexity index is 1330. The minimum Gasteiger partial charge on any atom is -0.457 e. The molecule has 0 radical (unpaired) electrons. The van der Waals surface area contributed by atoms with Crippen molar-refractivity contribution in [2.24, 2.45) is 10.9 Å². The number of nitrogens with zero attached hydrogens (tertiary/aromatic N) is 5. The zero-order chi connectivity index (χ0) is 27.2. The minimum atomic E-state index is -2.60. The van der Waals surface area contributed by atoms with Gasteiger partial charge in [0.15, 0.2) is 5.82 Å². The van der Waals surface area contributed by atoms with E-state index >= 15 is 0 Å². The summed E-state index contributed by atoms with van der Waals surface area (Å²) in [4.78, 5) is 29.0. The number of hydrogen-bond donors (Lipinski definition) is 1. The second kappa shape index (κ2) is 11.7. The molecule has 2 aliphatic rings. The van der Waals surface area contributed by atoms with E-state index in [0.29, 0.717) is 42.6 Å². The molecule has 202 valence electrons. The monoisotopic (exact) mass is 532 g/mol. The number of nitrogens with two attached hydrogens (primary N) is 1. The summed E-state index contributed by atoms with van der Waals surface area (Å²) in [6.07, 6.45) is 7.95. The quantitative estimate of drug-likeness (QED) is 0.325. The molecule has 10 heteroatoms. The molecule has 0 saturated carbocycles. The number of anilines is 1. The van der Waals surface area contributed by atoms with Crippen LogP contribution in [0.5, 0.6) is 11.5 Å². The number of benzene rings is 2. The molecular weight excluding hydrogens is 502 g/mol. The summed E-state index contributed by atoms with van der Waals surface area (Å²) < 4.78 is 31.7. The van der Waals surface area contributed by atoms with Crippen LogP contribution in [-0.4, -0.2) is 70.5 Å². The molecule has 0 spiro atoms. The molecule has 2 saturated heterocycles. The Kier molecular flexibility index (Phi) is 7.92. The van der Waals surface area contributed by atoms with Crippen molar-refractivity contribution >= 4 is 23.8 Å². The summed E-state index contributed by atoms with van der Waals surface area (Å²) in [5.41, 5.74) is 7.69. The molecule has 39 heavy (non-hydrogen) atoms. The van der Waals surface area contributed by atoms with Gasteiger partial charge >= 0.3 is 0 Å². The zero-order valence-electron chi connectivity index (χ0n) is 21.4. The highest BCUT2D eigenvalue weighted by Crippen LogP contribution is 2.34. The molecule has 0 unspecified atom stereocenters. The van der Waals surface area contributed by atoms with E-state index in [1.54, 1.807) is 15.9 Å². The summed E-state index contributed by atoms with van der Waals surface area (Å²) in [5.74, 6) is -0.234. The maximum absolute atomic E-state index is 12.9. The number of piperidine rings is 1. The van der Waals surface area contributed by atoms with E-state index in [2.05, 4.69) is 15.0 Å². The van der Waals surface area contributed by atoms with Gasteiger partial charge in [-0.15, -0.1) is 0 Å². The summed E-state index contributed by atoms with van der Waals surface area (Å²) in [7, 11) is 0. The first-order valence-electron chi connectivity index (χ1n) is 12.9. The Morgan fingerprint density at radius 3 is 2.44 bits per heavy atom. The number of ether oxygens (including phenoxy) is 1. The van der Waals surface area contributed by atoms with E-state index in [1.165, 1.54) is 12.4 Å². The summed E-state index contributed by atoms with van der Waals surface area (Å²) in [6, 6.07) is 17.1. The summed E-state index contributed by atoms with van der Waals surface area (Å²) >= 11 is 0. The molecule has 1 amide bonds. The fourth-order valence-corrected chi connectivity index (χ4v) is 4.67. The molecule has 8 nitrogen and oxygen atoms in total. The van der Waals surface area contributed by atoms with E-state index in [0.717, 1.165) is 24.2 Å². The number of amides is 1. The number of halogens is 2. The van der Waals surface area contributed by atoms with E-state index in [4.69, 9.17) is 10.5 Å². The molecule has 0 aliphatic carbocycles. The van der Waals surface area contributed by atoms with Crippen molar-refractivity contribution in [1.82, 2.24) is 19.8 Å². The lowest BCUT2D eigenvalue weighted by Crippen LogP contribution is -2.55. The fraction of sp³-hybridized carbons (Fsp3) is 0.310. The van der Waals surface area contributed by atoms with Gasteiger partial charge in [-0.1, -0.05) is 36.4 Å². The number of aliphatic imine (C=N–C) groups is 1. The predicted octanol–water partition coefficient (Wildman–Crippen LogP) is 4.97. The molecule has 3 heterocycles. The SMILES string of the molecule is Nc1ncnc(N=CC2CCN(C(=O)/C=C/CN3CC(F)(F)C3)CC2)c1-c1ccc(Oc2ccccc2)cc1. The second-order valence-electron chi connectivity index (χ2n) is 9.77. The molecular formula is C29H30F2N6O2. The molecule has 0 bridgehead atoms. The smallest absolute Gasteiger partial charge is 0.272 e. The Hall–Kier alpha value is -4.18. The Morgan fingerprint density at radius 1 is 1.05 bits per heavy atom. The molecule has 2 fully saturated rings. The Labute approximate surface area is 225 Å². The number of likely N-dealkylation sites (tertiary alicyclic amines) is 2. The van der Waals surface area contributed by atoms with Gasteiger partial charge in [-0.3, -0.25) is 9.69 Å². The van der Waals surface area contributed by atoms with E-state index < -0.39 is 5.92 Å². The van der Waals surface area contributed by atoms with Crippen LogP contribution in [0.25, 0.3) is 11.1 Å². The lowest BCUT2D eigenvalue weighted by Gasteiger charge is -2.37. The van der Waals surface area contributed by atoms with Crippen LogP contribution in [0.15, 0.2) is 78.1 Å². The number of hydrogen-bond acceptors (Lipinski definition) is 7. The summed E-state index contributed by atoms with van der Waals surface area (Å²) in [6.45, 7) is 1.07. The standard InChI is InChI=1S/C29H30F2N6O2/c30-29(31)18-36(19-29)14-4-7-25(38)37-15-12-21(13-16-37)17-33-28-26(27(32)34-20-35-28)22-8-10-24(11-9-22)39-23-5-2-1-3-6-23/h1-11,17,20-21H,12-16,18-19H2,(H2,32,34,35)/b7-4+,33-17?. The highest BCUT2D eigenvalue weighted by molar-refractivity contribution is 5.88. The molecule has 2 aliphatic heterocycles. The van der Waals surface area contributed by atoms with Crippen molar-refractivity contribution in [3.8, 4) is 22.6 Å². The predicted molar refractivity (Wildman–Crippen MR) is 146 cm³/mol. The number of carbonyl (C=O) groups excluding carboxylic acids is 1. The fourth-order valence-electron chi connectivity index (χ4n) is 4.67. The maximum atomic E-state index is 12.9. The highest BCUT2D eigenvalue weighted by atomic mass is 19.3. The maximum Gasteiger partial charge on any atom is 0.272 e. The summed E-state index contributed by atoms with van der Waals surface area (Å²) in [5, 5.41) is 0. The topological polar surface area (TPSA) is 96.9 Å². The second-order valence-corrected chi connectivity index (χ2v) is 9.77. The van der Waals surface area contributed by atoms with Crippen LogP contribution >= 0.6 is 0 Å². The molecule has 1 aromatic heterocycles. The van der Waals surface area contributed by atoms with Gasteiger partial charge in [0.25, 0.3) is 5.92 Å². The van der Waals surface area contributed by atoms with Crippen LogP contribution in [0.2, 0.25) is 0 Å². The van der Waals surface area contributed by atoms with Gasteiger partial charge in [0.05, 0.1) is 18.7 Å². The van der Waals surface area contributed by atoms with Gasteiger partial charge in [-0.2, -0.15) is 0 Å². The van der Waals surface area contributed by atoms with Crippen molar-refractivity contribution in [3.05, 3.63) is 73.1 Å². The molecule has 2 N–H and O–H groups in total. The largest absolute Gasteiger partial charge is 0.457 e. The van der Waals surface area contributed by atoms with Crippen molar-refractivity contribution in [1.29, 1.82) is 0 Å². The van der Waals surface area contributed by atoms with Gasteiger partial charge in [-0.05, 0) is 48.6 Å². The minimum absolute atomic E-state index is 0.0942.